The zero-order valence-corrected chi connectivity index (χ0v) is 16.4. The largest absolute Gasteiger partial charge is 0.444 e. The molecule has 27 heavy (non-hydrogen) atoms. The summed E-state index contributed by atoms with van der Waals surface area (Å²) >= 11 is 1.64. The van der Waals surface area contributed by atoms with Crippen LogP contribution >= 0.6 is 11.3 Å². The van der Waals surface area contributed by atoms with Gasteiger partial charge in [0.2, 0.25) is 5.76 Å². The van der Waals surface area contributed by atoms with E-state index in [2.05, 4.69) is 10.4 Å². The minimum Gasteiger partial charge on any atom is -0.444 e. The molecule has 0 unspecified atom stereocenters. The first kappa shape index (κ1) is 17.8. The Morgan fingerprint density at radius 1 is 1.41 bits per heavy atom. The van der Waals surface area contributed by atoms with Gasteiger partial charge in [0.15, 0.2) is 5.58 Å². The number of fused-ring (bicyclic) bond motifs is 3. The molecule has 0 saturated carbocycles. The number of piperidine rings is 1. The van der Waals surface area contributed by atoms with Crippen LogP contribution in [0.25, 0.3) is 21.2 Å². The van der Waals surface area contributed by atoms with E-state index in [1.807, 2.05) is 26.8 Å². The summed E-state index contributed by atoms with van der Waals surface area (Å²) in [7, 11) is 0. The van der Waals surface area contributed by atoms with Crippen molar-refractivity contribution in [1.29, 1.82) is 5.26 Å². The molecule has 1 aliphatic rings. The standard InChI is InChI=1S/C20H21N3O3S/c1-20(2,3)26-19(24)23-6-4-12(5-7-23)15-11-27-18-14-8-13(9-21)25-16(14)10-22-17(15)18/h8,10-12H,4-7H2,1-3H3. The molecule has 0 radical (unpaired) electrons. The second-order valence-electron chi connectivity index (χ2n) is 7.87. The lowest BCUT2D eigenvalue weighted by atomic mass is 9.90. The Morgan fingerprint density at radius 3 is 2.81 bits per heavy atom. The molecule has 0 bridgehead atoms. The molecule has 4 heterocycles. The number of rotatable bonds is 1. The lowest BCUT2D eigenvalue weighted by Crippen LogP contribution is -2.41. The fraction of sp³-hybridized carbons (Fsp3) is 0.450. The van der Waals surface area contributed by atoms with Crippen LogP contribution in [0.2, 0.25) is 0 Å². The van der Waals surface area contributed by atoms with Crippen LogP contribution < -0.4 is 0 Å². The lowest BCUT2D eigenvalue weighted by molar-refractivity contribution is 0.0205. The third-order valence-corrected chi connectivity index (χ3v) is 5.83. The van der Waals surface area contributed by atoms with Crippen LogP contribution in [-0.4, -0.2) is 34.7 Å². The van der Waals surface area contributed by atoms with Crippen LogP contribution in [0, 0.1) is 11.3 Å². The SMILES string of the molecule is CC(C)(C)OC(=O)N1CCC(c2csc3c2ncc2oc(C#N)cc23)CC1. The van der Waals surface area contributed by atoms with Gasteiger partial charge in [-0.3, -0.25) is 4.98 Å². The van der Waals surface area contributed by atoms with Gasteiger partial charge in [-0.05, 0) is 50.5 Å². The molecule has 0 N–H and O–H groups in total. The summed E-state index contributed by atoms with van der Waals surface area (Å²) in [6.45, 7) is 7.02. The van der Waals surface area contributed by atoms with E-state index in [4.69, 9.17) is 14.4 Å². The molecule has 0 aliphatic carbocycles. The van der Waals surface area contributed by atoms with Crippen molar-refractivity contribution in [3.63, 3.8) is 0 Å². The maximum absolute atomic E-state index is 12.3. The molecule has 140 valence electrons. The molecule has 3 aromatic rings. The number of nitrogens with zero attached hydrogens (tertiary/aromatic N) is 3. The molecule has 1 fully saturated rings. The van der Waals surface area contributed by atoms with Gasteiger partial charge in [0, 0.05) is 24.5 Å². The number of hydrogen-bond acceptors (Lipinski definition) is 6. The topological polar surface area (TPSA) is 79.4 Å². The zero-order chi connectivity index (χ0) is 19.2. The van der Waals surface area contributed by atoms with E-state index < -0.39 is 5.60 Å². The minimum atomic E-state index is -0.473. The Labute approximate surface area is 161 Å². The van der Waals surface area contributed by atoms with Gasteiger partial charge >= 0.3 is 6.09 Å². The van der Waals surface area contributed by atoms with Crippen LogP contribution in [0.15, 0.2) is 22.1 Å². The van der Waals surface area contributed by atoms with Crippen LogP contribution in [0.3, 0.4) is 0 Å². The second-order valence-corrected chi connectivity index (χ2v) is 8.75. The summed E-state index contributed by atoms with van der Waals surface area (Å²) in [5.74, 6) is 0.671. The highest BCUT2D eigenvalue weighted by atomic mass is 32.1. The molecule has 1 aliphatic heterocycles. The van der Waals surface area contributed by atoms with E-state index in [-0.39, 0.29) is 6.09 Å². The maximum atomic E-state index is 12.3. The first-order valence-electron chi connectivity index (χ1n) is 9.03. The van der Waals surface area contributed by atoms with E-state index in [9.17, 15) is 4.79 Å². The first-order chi connectivity index (χ1) is 12.9. The van der Waals surface area contributed by atoms with E-state index in [0.29, 0.717) is 30.4 Å². The summed E-state index contributed by atoms with van der Waals surface area (Å²) < 4.78 is 12.0. The predicted octanol–water partition coefficient (Wildman–Crippen LogP) is 5.03. The van der Waals surface area contributed by atoms with E-state index in [1.54, 1.807) is 28.5 Å². The number of pyridine rings is 1. The van der Waals surface area contributed by atoms with Crippen molar-refractivity contribution in [2.75, 3.05) is 13.1 Å². The number of likely N-dealkylation sites (tertiary alicyclic amines) is 1. The molecular formula is C20H21N3O3S. The molecule has 0 aromatic carbocycles. The van der Waals surface area contributed by atoms with Crippen LogP contribution in [0.5, 0.6) is 0 Å². The smallest absolute Gasteiger partial charge is 0.410 e. The fourth-order valence-electron chi connectivity index (χ4n) is 3.54. The van der Waals surface area contributed by atoms with Crippen molar-refractivity contribution < 1.29 is 13.9 Å². The normalized spacial score (nSPS) is 16.0. The number of carbonyl (C=O) groups excluding carboxylic acids is 1. The summed E-state index contributed by atoms with van der Waals surface area (Å²) in [6, 6.07) is 3.83. The molecule has 0 spiro atoms. The van der Waals surface area contributed by atoms with Crippen LogP contribution in [0.1, 0.15) is 50.9 Å². The van der Waals surface area contributed by atoms with Crippen molar-refractivity contribution in [3.05, 3.63) is 29.0 Å². The average molecular weight is 383 g/mol. The summed E-state index contributed by atoms with van der Waals surface area (Å²) in [6.07, 6.45) is 3.24. The van der Waals surface area contributed by atoms with Gasteiger partial charge in [0.25, 0.3) is 0 Å². The average Bonchev–Trinajstić information content (AvgIpc) is 3.23. The zero-order valence-electron chi connectivity index (χ0n) is 15.6. The molecule has 3 aromatic heterocycles. The lowest BCUT2D eigenvalue weighted by Gasteiger charge is -2.33. The van der Waals surface area contributed by atoms with Gasteiger partial charge in [-0.2, -0.15) is 5.26 Å². The number of carbonyl (C=O) groups is 1. The Morgan fingerprint density at radius 2 is 2.15 bits per heavy atom. The predicted molar refractivity (Wildman–Crippen MR) is 104 cm³/mol. The minimum absolute atomic E-state index is 0.238. The third-order valence-electron chi connectivity index (χ3n) is 4.81. The molecule has 1 amide bonds. The van der Waals surface area contributed by atoms with Crippen molar-refractivity contribution in [2.24, 2.45) is 0 Å². The number of ether oxygens (including phenoxy) is 1. The summed E-state index contributed by atoms with van der Waals surface area (Å²) in [5, 5.41) is 12.2. The van der Waals surface area contributed by atoms with Gasteiger partial charge in [-0.25, -0.2) is 4.79 Å². The number of aromatic nitrogens is 1. The molecular weight excluding hydrogens is 362 g/mol. The number of hydrogen-bond donors (Lipinski definition) is 0. The van der Waals surface area contributed by atoms with Gasteiger partial charge in [0.05, 0.1) is 16.4 Å². The van der Waals surface area contributed by atoms with Gasteiger partial charge < -0.3 is 14.1 Å². The Balaban J connectivity index is 1.54. The maximum Gasteiger partial charge on any atom is 0.410 e. The van der Waals surface area contributed by atoms with Crippen molar-refractivity contribution in [2.45, 2.75) is 45.1 Å². The van der Waals surface area contributed by atoms with Crippen molar-refractivity contribution in [3.8, 4) is 6.07 Å². The fourth-order valence-corrected chi connectivity index (χ4v) is 4.65. The molecule has 6 nitrogen and oxygen atoms in total. The van der Waals surface area contributed by atoms with Gasteiger partial charge in [0.1, 0.15) is 11.7 Å². The van der Waals surface area contributed by atoms with Crippen LogP contribution in [-0.2, 0) is 4.74 Å². The quantitative estimate of drug-likeness (QED) is 0.589. The van der Waals surface area contributed by atoms with E-state index in [1.165, 1.54) is 5.56 Å². The summed E-state index contributed by atoms with van der Waals surface area (Å²) in [5.41, 5.74) is 2.38. The number of thiophene rings is 1. The molecule has 7 heteroatoms. The van der Waals surface area contributed by atoms with Gasteiger partial charge in [-0.15, -0.1) is 11.3 Å². The highest BCUT2D eigenvalue weighted by Crippen LogP contribution is 2.39. The molecule has 0 atom stereocenters. The first-order valence-corrected chi connectivity index (χ1v) is 9.91. The number of nitriles is 1. The van der Waals surface area contributed by atoms with E-state index >= 15 is 0 Å². The van der Waals surface area contributed by atoms with Crippen molar-refractivity contribution in [1.82, 2.24) is 9.88 Å². The Bertz CT molecular complexity index is 1050. The second kappa shape index (κ2) is 6.54. The van der Waals surface area contributed by atoms with Gasteiger partial charge in [-0.1, -0.05) is 0 Å². The van der Waals surface area contributed by atoms with Crippen molar-refractivity contribution >= 4 is 38.6 Å². The third kappa shape index (κ3) is 3.37. The van der Waals surface area contributed by atoms with Crippen LogP contribution in [0.4, 0.5) is 4.79 Å². The Hall–Kier alpha value is -2.59. The monoisotopic (exact) mass is 383 g/mol. The molecule has 1 saturated heterocycles. The number of furan rings is 1. The molecule has 4 rings (SSSR count). The Kier molecular flexibility index (Phi) is 4.31. The summed E-state index contributed by atoms with van der Waals surface area (Å²) in [4.78, 5) is 18.6. The number of amides is 1. The van der Waals surface area contributed by atoms with E-state index in [0.717, 1.165) is 28.4 Å². The highest BCUT2D eigenvalue weighted by molar-refractivity contribution is 7.18. The highest BCUT2D eigenvalue weighted by Gasteiger charge is 2.29.